The minimum atomic E-state index is -2.97. The van der Waals surface area contributed by atoms with Crippen molar-refractivity contribution < 1.29 is 13.2 Å². The molecule has 5 nitrogen and oxygen atoms in total. The van der Waals surface area contributed by atoms with E-state index in [4.69, 9.17) is 0 Å². The van der Waals surface area contributed by atoms with Crippen molar-refractivity contribution >= 4 is 15.7 Å². The summed E-state index contributed by atoms with van der Waals surface area (Å²) in [4.78, 5) is 10.8. The van der Waals surface area contributed by atoms with Crippen molar-refractivity contribution in [3.8, 4) is 0 Å². The molecule has 0 atom stereocenters. The van der Waals surface area contributed by atoms with Crippen molar-refractivity contribution in [1.29, 1.82) is 0 Å². The van der Waals surface area contributed by atoms with Gasteiger partial charge in [0.15, 0.2) is 0 Å². The second-order valence-corrected chi connectivity index (χ2v) is 4.77. The zero-order valence-corrected chi connectivity index (χ0v) is 8.07. The molecule has 0 aliphatic heterocycles. The second-order valence-electron chi connectivity index (χ2n) is 2.51. The second kappa shape index (κ2) is 5.10. The molecule has 0 fully saturated rings. The first-order chi connectivity index (χ1) is 5.45. The number of carbonyl (C=O) groups is 1. The van der Waals surface area contributed by atoms with Gasteiger partial charge in [-0.05, 0) is 7.05 Å². The Balaban J connectivity index is 3.51. The monoisotopic (exact) mass is 194 g/mol. The summed E-state index contributed by atoms with van der Waals surface area (Å²) in [5, 5.41) is 5.11. The summed E-state index contributed by atoms with van der Waals surface area (Å²) in [6.07, 6.45) is 1.14. The topological polar surface area (TPSA) is 75.3 Å². The molecule has 0 unspecified atom stereocenters. The van der Waals surface area contributed by atoms with E-state index in [2.05, 4.69) is 10.6 Å². The number of sulfone groups is 1. The number of hydrogen-bond donors (Lipinski definition) is 2. The molecular weight excluding hydrogens is 180 g/mol. The Morgan fingerprint density at radius 1 is 1.42 bits per heavy atom. The van der Waals surface area contributed by atoms with Gasteiger partial charge in [0, 0.05) is 12.8 Å². The Morgan fingerprint density at radius 3 is 2.42 bits per heavy atom. The van der Waals surface area contributed by atoms with Crippen LogP contribution in [0.25, 0.3) is 0 Å². The average Bonchev–Trinajstić information content (AvgIpc) is 1.84. The third kappa shape index (κ3) is 7.49. The van der Waals surface area contributed by atoms with Gasteiger partial charge in [-0.3, -0.25) is 4.79 Å². The van der Waals surface area contributed by atoms with Crippen LogP contribution in [0.4, 0.5) is 0 Å². The standard InChI is InChI=1S/C6H14N2O3S/c1-7-5-6(9)8-3-4-12(2,10)11/h7H,3-5H2,1-2H3,(H,8,9). The molecule has 0 rings (SSSR count). The lowest BCUT2D eigenvalue weighted by Gasteiger charge is -2.02. The van der Waals surface area contributed by atoms with Crippen LogP contribution in [0.3, 0.4) is 0 Å². The Morgan fingerprint density at radius 2 is 2.00 bits per heavy atom. The predicted octanol–water partition coefficient (Wildman–Crippen LogP) is -1.63. The number of carbonyl (C=O) groups excluding carboxylic acids is 1. The average molecular weight is 194 g/mol. The zero-order chi connectivity index (χ0) is 9.61. The number of likely N-dealkylation sites (N-methyl/N-ethyl adjacent to an activating group) is 1. The molecule has 0 spiro atoms. The highest BCUT2D eigenvalue weighted by Gasteiger charge is 2.03. The predicted molar refractivity (Wildman–Crippen MR) is 46.6 cm³/mol. The maximum absolute atomic E-state index is 10.8. The van der Waals surface area contributed by atoms with E-state index in [9.17, 15) is 13.2 Å². The molecule has 0 radical (unpaired) electrons. The highest BCUT2D eigenvalue weighted by Crippen LogP contribution is 1.78. The first kappa shape index (κ1) is 11.4. The highest BCUT2D eigenvalue weighted by atomic mass is 32.2. The molecule has 0 saturated heterocycles. The van der Waals surface area contributed by atoms with E-state index >= 15 is 0 Å². The molecule has 2 N–H and O–H groups in total. The lowest BCUT2D eigenvalue weighted by molar-refractivity contribution is -0.120. The van der Waals surface area contributed by atoms with E-state index in [1.807, 2.05) is 0 Å². The van der Waals surface area contributed by atoms with Crippen molar-refractivity contribution in [1.82, 2.24) is 10.6 Å². The van der Waals surface area contributed by atoms with E-state index < -0.39 is 9.84 Å². The quantitative estimate of drug-likeness (QED) is 0.551. The fraction of sp³-hybridized carbons (Fsp3) is 0.833. The minimum absolute atomic E-state index is 0.0115. The minimum Gasteiger partial charge on any atom is -0.354 e. The molecule has 0 aromatic rings. The molecule has 72 valence electrons. The Hall–Kier alpha value is -0.620. The molecule has 0 aromatic carbocycles. The smallest absolute Gasteiger partial charge is 0.233 e. The third-order valence-corrected chi connectivity index (χ3v) is 2.08. The maximum Gasteiger partial charge on any atom is 0.233 e. The van der Waals surface area contributed by atoms with Crippen LogP contribution in [0, 0.1) is 0 Å². The van der Waals surface area contributed by atoms with Gasteiger partial charge in [-0.1, -0.05) is 0 Å². The van der Waals surface area contributed by atoms with Gasteiger partial charge in [0.1, 0.15) is 9.84 Å². The Kier molecular flexibility index (Phi) is 4.84. The Labute approximate surface area is 72.5 Å². The third-order valence-electron chi connectivity index (χ3n) is 1.13. The van der Waals surface area contributed by atoms with Crippen LogP contribution in [0.15, 0.2) is 0 Å². The van der Waals surface area contributed by atoms with Gasteiger partial charge >= 0.3 is 0 Å². The molecular formula is C6H14N2O3S. The molecule has 0 aliphatic carbocycles. The summed E-state index contributed by atoms with van der Waals surface area (Å²) < 4.78 is 21.2. The van der Waals surface area contributed by atoms with Crippen LogP contribution in [0.1, 0.15) is 0 Å². The van der Waals surface area contributed by atoms with Crippen molar-refractivity contribution in [2.45, 2.75) is 0 Å². The fourth-order valence-electron chi connectivity index (χ4n) is 0.599. The molecule has 0 aliphatic rings. The van der Waals surface area contributed by atoms with Crippen LogP contribution < -0.4 is 10.6 Å². The van der Waals surface area contributed by atoms with E-state index in [1.54, 1.807) is 7.05 Å². The van der Waals surface area contributed by atoms with Crippen LogP contribution in [-0.2, 0) is 14.6 Å². The molecule has 0 bridgehead atoms. The van der Waals surface area contributed by atoms with Gasteiger partial charge in [-0.2, -0.15) is 0 Å². The van der Waals surface area contributed by atoms with E-state index in [0.717, 1.165) is 6.26 Å². The molecule has 1 amide bonds. The van der Waals surface area contributed by atoms with Crippen LogP contribution in [0.5, 0.6) is 0 Å². The lowest BCUT2D eigenvalue weighted by Crippen LogP contribution is -2.34. The summed E-state index contributed by atoms with van der Waals surface area (Å²) >= 11 is 0. The van der Waals surface area contributed by atoms with Crippen LogP contribution >= 0.6 is 0 Å². The van der Waals surface area contributed by atoms with Crippen molar-refractivity contribution in [2.24, 2.45) is 0 Å². The number of amides is 1. The maximum atomic E-state index is 10.8. The highest BCUT2D eigenvalue weighted by molar-refractivity contribution is 7.90. The van der Waals surface area contributed by atoms with Gasteiger partial charge in [-0.15, -0.1) is 0 Å². The van der Waals surface area contributed by atoms with Gasteiger partial charge in [0.25, 0.3) is 0 Å². The van der Waals surface area contributed by atoms with Gasteiger partial charge in [-0.25, -0.2) is 8.42 Å². The number of hydrogen-bond acceptors (Lipinski definition) is 4. The van der Waals surface area contributed by atoms with Crippen molar-refractivity contribution in [2.75, 3.05) is 32.1 Å². The summed E-state index contributed by atoms with van der Waals surface area (Å²) in [5.74, 6) is -0.205. The van der Waals surface area contributed by atoms with Crippen molar-refractivity contribution in [3.05, 3.63) is 0 Å². The Bertz CT molecular complexity index is 235. The van der Waals surface area contributed by atoms with E-state index in [-0.39, 0.29) is 24.7 Å². The first-order valence-corrected chi connectivity index (χ1v) is 5.61. The normalized spacial score (nSPS) is 11.2. The van der Waals surface area contributed by atoms with Crippen LogP contribution in [0.2, 0.25) is 0 Å². The molecule has 6 heteroatoms. The summed E-state index contributed by atoms with van der Waals surface area (Å²) in [6, 6.07) is 0. The van der Waals surface area contributed by atoms with Crippen molar-refractivity contribution in [3.63, 3.8) is 0 Å². The van der Waals surface area contributed by atoms with Gasteiger partial charge in [0.05, 0.1) is 12.3 Å². The van der Waals surface area contributed by atoms with Crippen LogP contribution in [-0.4, -0.2) is 46.5 Å². The molecule has 0 saturated carbocycles. The number of nitrogens with one attached hydrogen (secondary N) is 2. The largest absolute Gasteiger partial charge is 0.354 e. The van der Waals surface area contributed by atoms with E-state index in [0.29, 0.717) is 0 Å². The summed E-state index contributed by atoms with van der Waals surface area (Å²) in [6.45, 7) is 0.392. The summed E-state index contributed by atoms with van der Waals surface area (Å²) in [7, 11) is -1.32. The summed E-state index contributed by atoms with van der Waals surface area (Å²) in [5.41, 5.74) is 0. The first-order valence-electron chi connectivity index (χ1n) is 3.55. The number of rotatable bonds is 5. The van der Waals surface area contributed by atoms with Gasteiger partial charge < -0.3 is 10.6 Å². The fourth-order valence-corrected chi connectivity index (χ4v) is 1.07. The van der Waals surface area contributed by atoms with E-state index in [1.165, 1.54) is 0 Å². The lowest BCUT2D eigenvalue weighted by atomic mass is 10.5. The zero-order valence-electron chi connectivity index (χ0n) is 7.25. The SMILES string of the molecule is CNCC(=O)NCCS(C)(=O)=O. The molecule has 0 aromatic heterocycles. The molecule has 0 heterocycles. The molecule has 12 heavy (non-hydrogen) atoms. The van der Waals surface area contributed by atoms with Gasteiger partial charge in [0.2, 0.25) is 5.91 Å².